The van der Waals surface area contributed by atoms with E-state index in [4.69, 9.17) is 4.74 Å². The summed E-state index contributed by atoms with van der Waals surface area (Å²) in [4.78, 5) is 0. The molecule has 2 aromatic carbocycles. The maximum Gasteiger partial charge on any atom is 0.132 e. The van der Waals surface area contributed by atoms with E-state index < -0.39 is 0 Å². The second-order valence-corrected chi connectivity index (χ2v) is 6.06. The van der Waals surface area contributed by atoms with Gasteiger partial charge >= 0.3 is 0 Å². The minimum Gasteiger partial charge on any atom is -0.487 e. The van der Waals surface area contributed by atoms with Gasteiger partial charge in [-0.3, -0.25) is 4.68 Å². The summed E-state index contributed by atoms with van der Waals surface area (Å²) >= 11 is 3.58. The molecule has 3 aromatic rings. The Bertz CT molecular complexity index is 778. The smallest absolute Gasteiger partial charge is 0.132 e. The van der Waals surface area contributed by atoms with E-state index in [0.29, 0.717) is 6.61 Å². The second-order valence-electron chi connectivity index (χ2n) is 5.21. The van der Waals surface area contributed by atoms with Crippen molar-refractivity contribution in [1.82, 2.24) is 9.78 Å². The van der Waals surface area contributed by atoms with Crippen LogP contribution >= 0.6 is 15.9 Å². The first-order valence-electron chi connectivity index (χ1n) is 7.10. The largest absolute Gasteiger partial charge is 0.487 e. The second kappa shape index (κ2) is 6.36. The highest BCUT2D eigenvalue weighted by molar-refractivity contribution is 9.10. The van der Waals surface area contributed by atoms with Gasteiger partial charge in [-0.25, -0.2) is 0 Å². The lowest BCUT2D eigenvalue weighted by Crippen LogP contribution is -1.97. The molecule has 0 saturated carbocycles. The molecule has 0 aliphatic heterocycles. The fourth-order valence-electron chi connectivity index (χ4n) is 2.35. The topological polar surface area (TPSA) is 27.1 Å². The molecule has 1 aromatic heterocycles. The van der Waals surface area contributed by atoms with E-state index in [1.165, 1.54) is 16.7 Å². The summed E-state index contributed by atoms with van der Waals surface area (Å²) in [5.41, 5.74) is 4.58. The Morgan fingerprint density at radius 1 is 1.09 bits per heavy atom. The van der Waals surface area contributed by atoms with Gasteiger partial charge in [0, 0.05) is 17.7 Å². The molecular weight excluding hydrogens is 340 g/mol. The molecule has 0 N–H and O–H groups in total. The van der Waals surface area contributed by atoms with Crippen LogP contribution in [0.4, 0.5) is 0 Å². The highest BCUT2D eigenvalue weighted by Gasteiger charge is 2.05. The summed E-state index contributed by atoms with van der Waals surface area (Å²) in [6, 6.07) is 16.4. The van der Waals surface area contributed by atoms with Crippen molar-refractivity contribution in [3.63, 3.8) is 0 Å². The van der Waals surface area contributed by atoms with Crippen molar-refractivity contribution < 1.29 is 4.74 Å². The quantitative estimate of drug-likeness (QED) is 0.675. The number of aromatic nitrogens is 2. The van der Waals surface area contributed by atoms with Crippen molar-refractivity contribution in [1.29, 1.82) is 0 Å². The van der Waals surface area contributed by atoms with Gasteiger partial charge in [0.2, 0.25) is 0 Å². The number of hydrogen-bond acceptors (Lipinski definition) is 2. The molecule has 0 aliphatic carbocycles. The average Bonchev–Trinajstić information content (AvgIpc) is 2.94. The minimum absolute atomic E-state index is 0.482. The van der Waals surface area contributed by atoms with E-state index in [1.807, 2.05) is 31.4 Å². The lowest BCUT2D eigenvalue weighted by molar-refractivity contribution is 0.300. The standard InChI is InChI=1S/C18H17BrN2O/c1-13-17(4-3-5-18(13)19)14-6-8-16(9-7-14)22-12-15-10-11-21(2)20-15/h3-11H,12H2,1-2H3. The van der Waals surface area contributed by atoms with Crippen LogP contribution in [0.15, 0.2) is 59.2 Å². The number of halogens is 1. The number of aryl methyl sites for hydroxylation is 1. The Hall–Kier alpha value is -2.07. The molecule has 0 spiro atoms. The molecule has 0 radical (unpaired) electrons. The summed E-state index contributed by atoms with van der Waals surface area (Å²) in [6.07, 6.45) is 1.91. The summed E-state index contributed by atoms with van der Waals surface area (Å²) in [7, 11) is 1.90. The molecule has 112 valence electrons. The van der Waals surface area contributed by atoms with Gasteiger partial charge in [0.05, 0.1) is 5.69 Å². The van der Waals surface area contributed by atoms with Crippen LogP contribution in [-0.4, -0.2) is 9.78 Å². The van der Waals surface area contributed by atoms with Gasteiger partial charge in [-0.2, -0.15) is 5.10 Å². The fraction of sp³-hybridized carbons (Fsp3) is 0.167. The van der Waals surface area contributed by atoms with Crippen LogP contribution in [0, 0.1) is 6.92 Å². The van der Waals surface area contributed by atoms with Gasteiger partial charge in [-0.05, 0) is 47.9 Å². The zero-order chi connectivity index (χ0) is 15.5. The molecule has 0 bridgehead atoms. The number of benzene rings is 2. The zero-order valence-corrected chi connectivity index (χ0v) is 14.2. The first-order chi connectivity index (χ1) is 10.6. The van der Waals surface area contributed by atoms with E-state index >= 15 is 0 Å². The lowest BCUT2D eigenvalue weighted by Gasteiger charge is -2.09. The highest BCUT2D eigenvalue weighted by Crippen LogP contribution is 2.29. The summed E-state index contributed by atoms with van der Waals surface area (Å²) in [5.74, 6) is 0.849. The molecule has 0 unspecified atom stereocenters. The maximum atomic E-state index is 5.77. The van der Waals surface area contributed by atoms with Crippen molar-refractivity contribution in [3.05, 3.63) is 70.5 Å². The third kappa shape index (κ3) is 3.22. The Morgan fingerprint density at radius 3 is 2.55 bits per heavy atom. The Labute approximate surface area is 138 Å². The lowest BCUT2D eigenvalue weighted by atomic mass is 10.0. The van der Waals surface area contributed by atoms with E-state index in [0.717, 1.165) is 15.9 Å². The number of ether oxygens (including phenoxy) is 1. The van der Waals surface area contributed by atoms with Gasteiger partial charge in [0.25, 0.3) is 0 Å². The first kappa shape index (κ1) is 14.9. The van der Waals surface area contributed by atoms with Crippen LogP contribution in [0.3, 0.4) is 0 Å². The van der Waals surface area contributed by atoms with Gasteiger partial charge in [-0.15, -0.1) is 0 Å². The molecule has 0 atom stereocenters. The molecule has 4 heteroatoms. The van der Waals surface area contributed by atoms with E-state index in [9.17, 15) is 0 Å². The van der Waals surface area contributed by atoms with Crippen molar-refractivity contribution in [2.24, 2.45) is 7.05 Å². The Kier molecular flexibility index (Phi) is 4.29. The van der Waals surface area contributed by atoms with Crippen LogP contribution in [0.25, 0.3) is 11.1 Å². The first-order valence-corrected chi connectivity index (χ1v) is 7.89. The van der Waals surface area contributed by atoms with Crippen molar-refractivity contribution in [2.45, 2.75) is 13.5 Å². The maximum absolute atomic E-state index is 5.77. The summed E-state index contributed by atoms with van der Waals surface area (Å²) in [6.45, 7) is 2.60. The predicted octanol–water partition coefficient (Wildman–Crippen LogP) is 4.74. The highest BCUT2D eigenvalue weighted by atomic mass is 79.9. The minimum atomic E-state index is 0.482. The predicted molar refractivity (Wildman–Crippen MR) is 91.9 cm³/mol. The molecule has 22 heavy (non-hydrogen) atoms. The van der Waals surface area contributed by atoms with Gasteiger partial charge in [-0.1, -0.05) is 40.2 Å². The van der Waals surface area contributed by atoms with Crippen LogP contribution in [0.5, 0.6) is 5.75 Å². The molecule has 3 nitrogen and oxygen atoms in total. The molecule has 0 aliphatic rings. The SMILES string of the molecule is Cc1c(Br)cccc1-c1ccc(OCc2ccn(C)n2)cc1. The number of nitrogens with zero attached hydrogens (tertiary/aromatic N) is 2. The van der Waals surface area contributed by atoms with Crippen LogP contribution in [0.2, 0.25) is 0 Å². The van der Waals surface area contributed by atoms with Crippen molar-refractivity contribution in [3.8, 4) is 16.9 Å². The van der Waals surface area contributed by atoms with Crippen LogP contribution < -0.4 is 4.74 Å². The molecular formula is C18H17BrN2O. The Morgan fingerprint density at radius 2 is 1.86 bits per heavy atom. The van der Waals surface area contributed by atoms with E-state index in [2.05, 4.69) is 58.3 Å². The van der Waals surface area contributed by atoms with E-state index in [1.54, 1.807) is 4.68 Å². The zero-order valence-electron chi connectivity index (χ0n) is 12.6. The van der Waals surface area contributed by atoms with Crippen LogP contribution in [-0.2, 0) is 13.7 Å². The van der Waals surface area contributed by atoms with Crippen molar-refractivity contribution >= 4 is 15.9 Å². The monoisotopic (exact) mass is 356 g/mol. The summed E-state index contributed by atoms with van der Waals surface area (Å²) < 4.78 is 8.67. The van der Waals surface area contributed by atoms with Gasteiger partial charge < -0.3 is 4.74 Å². The van der Waals surface area contributed by atoms with E-state index in [-0.39, 0.29) is 0 Å². The molecule has 0 fully saturated rings. The average molecular weight is 357 g/mol. The summed E-state index contributed by atoms with van der Waals surface area (Å²) in [5, 5.41) is 4.30. The third-order valence-electron chi connectivity index (χ3n) is 3.59. The fourth-order valence-corrected chi connectivity index (χ4v) is 2.71. The van der Waals surface area contributed by atoms with Crippen molar-refractivity contribution in [2.75, 3.05) is 0 Å². The van der Waals surface area contributed by atoms with Gasteiger partial charge in [0.15, 0.2) is 0 Å². The molecule has 0 amide bonds. The molecule has 1 heterocycles. The molecule has 3 rings (SSSR count). The number of rotatable bonds is 4. The normalized spacial score (nSPS) is 10.7. The van der Waals surface area contributed by atoms with Crippen LogP contribution in [0.1, 0.15) is 11.3 Å². The van der Waals surface area contributed by atoms with Gasteiger partial charge in [0.1, 0.15) is 12.4 Å². The Balaban J connectivity index is 1.74. The third-order valence-corrected chi connectivity index (χ3v) is 4.45. The molecule has 0 saturated heterocycles. The number of hydrogen-bond donors (Lipinski definition) is 0.